The zero-order valence-corrected chi connectivity index (χ0v) is 8.42. The van der Waals surface area contributed by atoms with Gasteiger partial charge < -0.3 is 0 Å². The van der Waals surface area contributed by atoms with Gasteiger partial charge in [0.1, 0.15) is 0 Å². The summed E-state index contributed by atoms with van der Waals surface area (Å²) in [6, 6.07) is 8.20. The molecule has 2 heteroatoms. The minimum atomic E-state index is 0.718. The average Bonchev–Trinajstić information content (AvgIpc) is 2.68. The molecular weight excluding hydrogens is 190 g/mol. The molecule has 0 atom stereocenters. The molecule has 0 radical (unpaired) electrons. The number of pyridine rings is 1. The molecule has 0 unspecified atom stereocenters. The van der Waals surface area contributed by atoms with Crippen molar-refractivity contribution in [2.45, 2.75) is 6.42 Å². The lowest BCUT2D eigenvalue weighted by Gasteiger charge is -1.93. The predicted molar refractivity (Wildman–Crippen MR) is 60.1 cm³/mol. The number of hydrogen-bond donors (Lipinski definition) is 0. The zero-order valence-electron chi connectivity index (χ0n) is 7.60. The van der Waals surface area contributed by atoms with Crippen molar-refractivity contribution in [3.63, 3.8) is 0 Å². The van der Waals surface area contributed by atoms with Crippen LogP contribution in [0.1, 0.15) is 4.88 Å². The molecule has 0 fully saturated rings. The number of rotatable bonds is 2. The summed E-state index contributed by atoms with van der Waals surface area (Å²) < 4.78 is 0. The maximum absolute atomic E-state index is 5.26. The van der Waals surface area contributed by atoms with Crippen LogP contribution in [0.2, 0.25) is 0 Å². The van der Waals surface area contributed by atoms with Gasteiger partial charge in [0.25, 0.3) is 0 Å². The van der Waals surface area contributed by atoms with Crippen molar-refractivity contribution in [2.75, 3.05) is 0 Å². The molecule has 0 saturated heterocycles. The van der Waals surface area contributed by atoms with E-state index in [9.17, 15) is 0 Å². The monoisotopic (exact) mass is 199 g/mol. The fourth-order valence-corrected chi connectivity index (χ4v) is 2.21. The molecule has 2 aromatic heterocycles. The van der Waals surface area contributed by atoms with Crippen LogP contribution in [0.15, 0.2) is 36.7 Å². The van der Waals surface area contributed by atoms with Crippen molar-refractivity contribution in [1.29, 1.82) is 0 Å². The summed E-state index contributed by atoms with van der Waals surface area (Å²) >= 11 is 1.74. The van der Waals surface area contributed by atoms with E-state index >= 15 is 0 Å². The van der Waals surface area contributed by atoms with Gasteiger partial charge >= 0.3 is 0 Å². The molecule has 0 aromatic carbocycles. The first-order valence-electron chi connectivity index (χ1n) is 4.33. The third kappa shape index (κ3) is 1.84. The Morgan fingerprint density at radius 1 is 1.21 bits per heavy atom. The highest BCUT2D eigenvalue weighted by Gasteiger charge is 2.00. The largest absolute Gasteiger partial charge is 0.265 e. The van der Waals surface area contributed by atoms with Crippen LogP contribution >= 0.6 is 11.3 Å². The predicted octanol–water partition coefficient (Wildman–Crippen LogP) is 2.99. The molecule has 2 aromatic rings. The summed E-state index contributed by atoms with van der Waals surface area (Å²) in [6.07, 6.45) is 9.58. The third-order valence-corrected chi connectivity index (χ3v) is 3.04. The molecule has 0 N–H and O–H groups in total. The summed E-state index contributed by atoms with van der Waals surface area (Å²) in [5.41, 5.74) is 1.20. The number of thiophene rings is 1. The van der Waals surface area contributed by atoms with Gasteiger partial charge in [-0.3, -0.25) is 4.98 Å². The van der Waals surface area contributed by atoms with Crippen LogP contribution in [-0.2, 0) is 6.42 Å². The second-order valence-electron chi connectivity index (χ2n) is 2.88. The van der Waals surface area contributed by atoms with Crippen LogP contribution < -0.4 is 0 Å². The van der Waals surface area contributed by atoms with E-state index in [1.165, 1.54) is 15.3 Å². The van der Waals surface area contributed by atoms with Gasteiger partial charge in [-0.2, -0.15) is 0 Å². The van der Waals surface area contributed by atoms with Crippen LogP contribution in [0.25, 0.3) is 10.4 Å². The Balaban J connectivity index is 2.31. The van der Waals surface area contributed by atoms with E-state index in [-0.39, 0.29) is 0 Å². The lowest BCUT2D eigenvalue weighted by atomic mass is 10.2. The Labute approximate surface area is 87.4 Å². The SMILES string of the molecule is C#CCc1ccc(-c2ccncc2)s1. The Kier molecular flexibility index (Phi) is 2.62. The summed E-state index contributed by atoms with van der Waals surface area (Å²) in [4.78, 5) is 6.47. The van der Waals surface area contributed by atoms with Gasteiger partial charge in [-0.25, -0.2) is 0 Å². The van der Waals surface area contributed by atoms with Gasteiger partial charge in [0.2, 0.25) is 0 Å². The van der Waals surface area contributed by atoms with E-state index in [2.05, 4.69) is 23.0 Å². The van der Waals surface area contributed by atoms with Gasteiger partial charge in [-0.15, -0.1) is 23.7 Å². The molecule has 68 valence electrons. The van der Waals surface area contributed by atoms with E-state index < -0.39 is 0 Å². The molecule has 14 heavy (non-hydrogen) atoms. The van der Waals surface area contributed by atoms with Gasteiger partial charge in [0.05, 0.1) is 0 Å². The molecule has 0 amide bonds. The van der Waals surface area contributed by atoms with E-state index in [0.717, 1.165) is 6.42 Å². The van der Waals surface area contributed by atoms with E-state index in [1.54, 1.807) is 23.7 Å². The lowest BCUT2D eigenvalue weighted by molar-refractivity contribution is 1.33. The van der Waals surface area contributed by atoms with E-state index in [4.69, 9.17) is 6.42 Å². The van der Waals surface area contributed by atoms with Crippen molar-refractivity contribution >= 4 is 11.3 Å². The molecule has 2 rings (SSSR count). The van der Waals surface area contributed by atoms with Crippen LogP contribution in [0.3, 0.4) is 0 Å². The fourth-order valence-electron chi connectivity index (χ4n) is 1.24. The average molecular weight is 199 g/mol. The first-order valence-corrected chi connectivity index (χ1v) is 5.14. The topological polar surface area (TPSA) is 12.9 Å². The summed E-state index contributed by atoms with van der Waals surface area (Å²) in [5.74, 6) is 2.65. The molecule has 2 heterocycles. The van der Waals surface area contributed by atoms with Gasteiger partial charge in [-0.05, 0) is 29.8 Å². The van der Waals surface area contributed by atoms with Crippen molar-refractivity contribution in [1.82, 2.24) is 4.98 Å². The second-order valence-corrected chi connectivity index (χ2v) is 4.05. The Morgan fingerprint density at radius 2 is 2.00 bits per heavy atom. The Bertz CT molecular complexity index is 451. The quantitative estimate of drug-likeness (QED) is 0.677. The number of terminal acetylenes is 1. The van der Waals surface area contributed by atoms with Crippen LogP contribution in [0, 0.1) is 12.3 Å². The van der Waals surface area contributed by atoms with Crippen LogP contribution in [0.5, 0.6) is 0 Å². The van der Waals surface area contributed by atoms with Gasteiger partial charge in [0, 0.05) is 28.6 Å². The molecule has 0 spiro atoms. The first kappa shape index (κ1) is 8.98. The normalized spacial score (nSPS) is 9.64. The highest BCUT2D eigenvalue weighted by Crippen LogP contribution is 2.27. The zero-order chi connectivity index (χ0) is 9.80. The van der Waals surface area contributed by atoms with Crippen molar-refractivity contribution < 1.29 is 0 Å². The molecule has 0 aliphatic rings. The fraction of sp³-hybridized carbons (Fsp3) is 0.0833. The summed E-state index contributed by atoms with van der Waals surface area (Å²) in [6.45, 7) is 0. The molecule has 0 aliphatic carbocycles. The molecule has 0 bridgehead atoms. The number of aromatic nitrogens is 1. The standard InChI is InChI=1S/C12H9NS/c1-2-3-11-4-5-12(14-11)10-6-8-13-9-7-10/h1,4-9H,3H2. The van der Waals surface area contributed by atoms with Crippen LogP contribution in [0.4, 0.5) is 0 Å². The Hall–Kier alpha value is -1.59. The van der Waals surface area contributed by atoms with Gasteiger partial charge in [-0.1, -0.05) is 0 Å². The first-order chi connectivity index (χ1) is 6.90. The Morgan fingerprint density at radius 3 is 2.71 bits per heavy atom. The summed E-state index contributed by atoms with van der Waals surface area (Å²) in [7, 11) is 0. The van der Waals surface area contributed by atoms with Crippen LogP contribution in [-0.4, -0.2) is 4.98 Å². The minimum absolute atomic E-state index is 0.718. The van der Waals surface area contributed by atoms with Crippen molar-refractivity contribution in [2.24, 2.45) is 0 Å². The maximum Gasteiger partial charge on any atom is 0.0432 e. The van der Waals surface area contributed by atoms with Crippen molar-refractivity contribution in [3.05, 3.63) is 41.5 Å². The van der Waals surface area contributed by atoms with Gasteiger partial charge in [0.15, 0.2) is 0 Å². The highest BCUT2D eigenvalue weighted by molar-refractivity contribution is 7.15. The molecule has 0 saturated carbocycles. The number of nitrogens with zero attached hydrogens (tertiary/aromatic N) is 1. The summed E-state index contributed by atoms with van der Waals surface area (Å²) in [5, 5.41) is 0. The molecular formula is C12H9NS. The highest BCUT2D eigenvalue weighted by atomic mass is 32.1. The number of hydrogen-bond acceptors (Lipinski definition) is 2. The van der Waals surface area contributed by atoms with E-state index in [1.807, 2.05) is 12.1 Å². The molecule has 0 aliphatic heterocycles. The second kappa shape index (κ2) is 4.08. The van der Waals surface area contributed by atoms with Crippen molar-refractivity contribution in [3.8, 4) is 22.8 Å². The smallest absolute Gasteiger partial charge is 0.0432 e. The molecule has 1 nitrogen and oxygen atoms in total. The lowest BCUT2D eigenvalue weighted by Crippen LogP contribution is -1.72. The maximum atomic E-state index is 5.26. The minimum Gasteiger partial charge on any atom is -0.265 e. The third-order valence-electron chi connectivity index (χ3n) is 1.90. The van der Waals surface area contributed by atoms with E-state index in [0.29, 0.717) is 0 Å².